The number of hydrogen-bond acceptors (Lipinski definition) is 7. The number of rotatable bonds is 6. The Morgan fingerprint density at radius 3 is 2.76 bits per heavy atom. The molecule has 1 aliphatic rings. The summed E-state index contributed by atoms with van der Waals surface area (Å²) in [6.45, 7) is 0.984. The van der Waals surface area contributed by atoms with Gasteiger partial charge in [0.25, 0.3) is 5.56 Å². The molecular formula is C21H22N2O5S. The van der Waals surface area contributed by atoms with Crippen molar-refractivity contribution in [1.29, 1.82) is 0 Å². The van der Waals surface area contributed by atoms with Crippen LogP contribution in [0.4, 0.5) is 0 Å². The molecule has 152 valence electrons. The molecule has 1 aromatic heterocycles. The van der Waals surface area contributed by atoms with Crippen molar-refractivity contribution in [2.24, 2.45) is 0 Å². The topological polar surface area (TPSA) is 71.8 Å². The first-order valence-electron chi connectivity index (χ1n) is 9.27. The number of thioether (sulfide) groups is 1. The fourth-order valence-electron chi connectivity index (χ4n) is 3.20. The summed E-state index contributed by atoms with van der Waals surface area (Å²) in [7, 11) is 3.15. The molecule has 1 aliphatic heterocycles. The summed E-state index contributed by atoms with van der Waals surface area (Å²) in [6.07, 6.45) is 0.886. The second kappa shape index (κ2) is 8.86. The number of hydrogen-bond donors (Lipinski definition) is 0. The minimum atomic E-state index is -0.127. The van der Waals surface area contributed by atoms with Crippen molar-refractivity contribution in [3.05, 3.63) is 52.8 Å². The van der Waals surface area contributed by atoms with Gasteiger partial charge in [-0.15, -0.1) is 0 Å². The van der Waals surface area contributed by atoms with Gasteiger partial charge in [0.05, 0.1) is 43.5 Å². The molecule has 0 spiro atoms. The number of fused-ring (bicyclic) bond motifs is 1. The van der Waals surface area contributed by atoms with Gasteiger partial charge in [-0.05, 0) is 30.7 Å². The van der Waals surface area contributed by atoms with Crippen molar-refractivity contribution in [3.8, 4) is 17.2 Å². The number of benzene rings is 2. The van der Waals surface area contributed by atoms with Crippen LogP contribution in [0, 0.1) is 0 Å². The average Bonchev–Trinajstić information content (AvgIpc) is 2.78. The van der Waals surface area contributed by atoms with Gasteiger partial charge in [0.1, 0.15) is 6.79 Å². The van der Waals surface area contributed by atoms with Crippen LogP contribution in [0.2, 0.25) is 0 Å². The van der Waals surface area contributed by atoms with E-state index in [1.165, 1.54) is 11.8 Å². The number of ether oxygens (including phenoxy) is 4. The molecule has 2 aromatic carbocycles. The normalized spacial score (nSPS) is 16.7. The van der Waals surface area contributed by atoms with Crippen molar-refractivity contribution in [3.63, 3.8) is 0 Å². The van der Waals surface area contributed by atoms with Gasteiger partial charge in [-0.2, -0.15) is 0 Å². The first kappa shape index (κ1) is 19.8. The summed E-state index contributed by atoms with van der Waals surface area (Å²) in [5.74, 6) is 1.83. The van der Waals surface area contributed by atoms with E-state index in [2.05, 4.69) is 0 Å². The van der Waals surface area contributed by atoms with Crippen LogP contribution < -0.4 is 15.0 Å². The van der Waals surface area contributed by atoms with Crippen LogP contribution in [-0.2, 0) is 9.47 Å². The molecule has 7 nitrogen and oxygen atoms in total. The largest absolute Gasteiger partial charge is 0.493 e. The van der Waals surface area contributed by atoms with Gasteiger partial charge in [0.15, 0.2) is 16.7 Å². The van der Waals surface area contributed by atoms with E-state index < -0.39 is 0 Å². The smallest absolute Gasteiger partial charge is 0.266 e. The second-order valence-electron chi connectivity index (χ2n) is 6.51. The molecule has 0 saturated carbocycles. The highest BCUT2D eigenvalue weighted by Gasteiger charge is 2.19. The van der Waals surface area contributed by atoms with Crippen LogP contribution in [0.3, 0.4) is 0 Å². The average molecular weight is 414 g/mol. The predicted octanol–water partition coefficient (Wildman–Crippen LogP) is 3.26. The molecule has 0 amide bonds. The van der Waals surface area contributed by atoms with Crippen LogP contribution in [0.25, 0.3) is 16.6 Å². The van der Waals surface area contributed by atoms with E-state index in [4.69, 9.17) is 23.9 Å². The third kappa shape index (κ3) is 4.10. The van der Waals surface area contributed by atoms with Gasteiger partial charge >= 0.3 is 0 Å². The van der Waals surface area contributed by atoms with E-state index in [1.807, 2.05) is 24.3 Å². The van der Waals surface area contributed by atoms with E-state index in [0.717, 1.165) is 6.42 Å². The van der Waals surface area contributed by atoms with Crippen molar-refractivity contribution >= 4 is 22.7 Å². The highest BCUT2D eigenvalue weighted by atomic mass is 32.2. The second-order valence-corrected chi connectivity index (χ2v) is 7.49. The van der Waals surface area contributed by atoms with Crippen LogP contribution in [0.5, 0.6) is 11.5 Å². The summed E-state index contributed by atoms with van der Waals surface area (Å²) in [4.78, 5) is 18.1. The molecule has 0 radical (unpaired) electrons. The fourth-order valence-corrected chi connectivity index (χ4v) is 4.28. The lowest BCUT2D eigenvalue weighted by atomic mass is 10.2. The van der Waals surface area contributed by atoms with Gasteiger partial charge in [0.2, 0.25) is 0 Å². The van der Waals surface area contributed by atoms with E-state index in [0.29, 0.717) is 52.4 Å². The number of aromatic nitrogens is 2. The summed E-state index contributed by atoms with van der Waals surface area (Å²) < 4.78 is 23.2. The Labute approximate surface area is 172 Å². The van der Waals surface area contributed by atoms with Crippen molar-refractivity contribution in [2.75, 3.05) is 33.4 Å². The molecule has 2 heterocycles. The lowest BCUT2D eigenvalue weighted by molar-refractivity contribution is -0.130. The maximum atomic E-state index is 13.3. The monoisotopic (exact) mass is 414 g/mol. The number of para-hydroxylation sites is 1. The van der Waals surface area contributed by atoms with Gasteiger partial charge in [-0.3, -0.25) is 9.36 Å². The van der Waals surface area contributed by atoms with Crippen LogP contribution in [0.15, 0.2) is 52.4 Å². The molecule has 1 fully saturated rings. The zero-order chi connectivity index (χ0) is 20.2. The standard InChI is InChI=1S/C21H22N2O5S/c1-25-18-8-7-14(11-19(18)26-2)23-20(24)16-5-3-4-6-17(16)22-21(23)29-12-15-9-10-27-13-28-15/h3-8,11,15H,9-10,12-13H2,1-2H3/t15-/m1/s1. The molecule has 1 saturated heterocycles. The Morgan fingerprint density at radius 1 is 1.17 bits per heavy atom. The zero-order valence-electron chi connectivity index (χ0n) is 16.3. The van der Waals surface area contributed by atoms with Crippen LogP contribution in [0.1, 0.15) is 6.42 Å². The van der Waals surface area contributed by atoms with E-state index in [-0.39, 0.29) is 11.7 Å². The Morgan fingerprint density at radius 2 is 2.00 bits per heavy atom. The molecule has 29 heavy (non-hydrogen) atoms. The Balaban J connectivity index is 1.80. The van der Waals surface area contributed by atoms with Gasteiger partial charge in [0, 0.05) is 11.8 Å². The molecule has 0 aliphatic carbocycles. The van der Waals surface area contributed by atoms with Crippen molar-refractivity contribution in [1.82, 2.24) is 9.55 Å². The number of nitrogens with zero attached hydrogens (tertiary/aromatic N) is 2. The third-order valence-corrected chi connectivity index (χ3v) is 5.81. The predicted molar refractivity (Wildman–Crippen MR) is 111 cm³/mol. The first-order chi connectivity index (χ1) is 14.2. The summed E-state index contributed by atoms with van der Waals surface area (Å²) >= 11 is 1.50. The molecule has 3 aromatic rings. The third-order valence-electron chi connectivity index (χ3n) is 4.74. The maximum absolute atomic E-state index is 13.3. The van der Waals surface area contributed by atoms with Crippen LogP contribution in [-0.4, -0.2) is 49.0 Å². The summed E-state index contributed by atoms with van der Waals surface area (Å²) in [5.41, 5.74) is 1.21. The Hall–Kier alpha value is -2.55. The van der Waals surface area contributed by atoms with Gasteiger partial charge in [-0.1, -0.05) is 23.9 Å². The lowest BCUT2D eigenvalue weighted by Crippen LogP contribution is -2.27. The highest BCUT2D eigenvalue weighted by molar-refractivity contribution is 7.99. The maximum Gasteiger partial charge on any atom is 0.266 e. The van der Waals surface area contributed by atoms with Gasteiger partial charge in [-0.25, -0.2) is 4.98 Å². The number of methoxy groups -OCH3 is 2. The zero-order valence-corrected chi connectivity index (χ0v) is 17.1. The lowest BCUT2D eigenvalue weighted by Gasteiger charge is -2.22. The minimum Gasteiger partial charge on any atom is -0.493 e. The molecule has 8 heteroatoms. The van der Waals surface area contributed by atoms with E-state index in [1.54, 1.807) is 37.0 Å². The quantitative estimate of drug-likeness (QED) is 0.453. The Kier molecular flexibility index (Phi) is 6.03. The molecule has 4 rings (SSSR count). The summed E-state index contributed by atoms with van der Waals surface area (Å²) in [6, 6.07) is 12.8. The SMILES string of the molecule is COc1ccc(-n2c(SC[C@H]3CCOCO3)nc3ccccc3c2=O)cc1OC. The first-order valence-corrected chi connectivity index (χ1v) is 10.3. The Bertz CT molecular complexity index is 1060. The van der Waals surface area contributed by atoms with E-state index in [9.17, 15) is 4.79 Å². The van der Waals surface area contributed by atoms with Crippen molar-refractivity contribution < 1.29 is 18.9 Å². The van der Waals surface area contributed by atoms with Crippen LogP contribution >= 0.6 is 11.8 Å². The molecule has 0 unspecified atom stereocenters. The molecular weight excluding hydrogens is 392 g/mol. The molecule has 1 atom stereocenters. The fraction of sp³-hybridized carbons (Fsp3) is 0.333. The highest BCUT2D eigenvalue weighted by Crippen LogP contribution is 2.31. The van der Waals surface area contributed by atoms with Gasteiger partial charge < -0.3 is 18.9 Å². The van der Waals surface area contributed by atoms with Crippen molar-refractivity contribution in [2.45, 2.75) is 17.7 Å². The molecule has 0 bridgehead atoms. The minimum absolute atomic E-state index is 0.0657. The van der Waals surface area contributed by atoms with E-state index >= 15 is 0 Å². The molecule has 0 N–H and O–H groups in total. The summed E-state index contributed by atoms with van der Waals surface area (Å²) in [5, 5.41) is 1.17.